The lowest BCUT2D eigenvalue weighted by Crippen LogP contribution is -2.37. The minimum atomic E-state index is -0.300. The van der Waals surface area contributed by atoms with Crippen LogP contribution in [0.1, 0.15) is 5.56 Å². The van der Waals surface area contributed by atoms with E-state index < -0.39 is 0 Å². The van der Waals surface area contributed by atoms with Crippen LogP contribution in [-0.4, -0.2) is 75.2 Å². The number of nitrogens with zero attached hydrogens (tertiary/aromatic N) is 5. The van der Waals surface area contributed by atoms with Crippen LogP contribution in [0.4, 0.5) is 10.2 Å². The standard InChI is InChI=1S/C15H24FN5O.HI/c1-19(2)15(20(3)4)18-11-12-9-13(16)14(17-10-12)21-5-7-22-8-6-21;/h9-10H,5-8,11H2,1-4H3;1H. The molecule has 1 fully saturated rings. The second-order valence-corrected chi connectivity index (χ2v) is 5.65. The zero-order chi connectivity index (χ0) is 16.1. The first-order valence-corrected chi connectivity index (χ1v) is 7.35. The van der Waals surface area contributed by atoms with Gasteiger partial charge in [-0.2, -0.15) is 0 Å². The molecule has 1 aromatic heterocycles. The molecule has 0 amide bonds. The number of hydrogen-bond donors (Lipinski definition) is 0. The Labute approximate surface area is 154 Å². The molecule has 0 spiro atoms. The molecule has 2 heterocycles. The molecule has 0 aromatic carbocycles. The topological polar surface area (TPSA) is 44.2 Å². The van der Waals surface area contributed by atoms with Crippen molar-refractivity contribution in [3.8, 4) is 0 Å². The third-order valence-corrected chi connectivity index (χ3v) is 3.39. The van der Waals surface area contributed by atoms with Crippen LogP contribution in [0.25, 0.3) is 0 Å². The average Bonchev–Trinajstić information content (AvgIpc) is 2.47. The van der Waals surface area contributed by atoms with Gasteiger partial charge < -0.3 is 19.4 Å². The minimum absolute atomic E-state index is 0. The van der Waals surface area contributed by atoms with Crippen molar-refractivity contribution in [3.05, 3.63) is 23.6 Å². The zero-order valence-corrected chi connectivity index (χ0v) is 16.5. The highest BCUT2D eigenvalue weighted by molar-refractivity contribution is 14.0. The summed E-state index contributed by atoms with van der Waals surface area (Å²) in [5.74, 6) is 0.931. The van der Waals surface area contributed by atoms with Crippen LogP contribution >= 0.6 is 24.0 Å². The first kappa shape index (κ1) is 19.9. The maximum atomic E-state index is 14.3. The zero-order valence-electron chi connectivity index (χ0n) is 14.1. The molecule has 8 heteroatoms. The van der Waals surface area contributed by atoms with E-state index in [0.29, 0.717) is 38.7 Å². The van der Waals surface area contributed by atoms with Gasteiger partial charge in [-0.1, -0.05) is 0 Å². The lowest BCUT2D eigenvalue weighted by molar-refractivity contribution is 0.122. The summed E-state index contributed by atoms with van der Waals surface area (Å²) in [5, 5.41) is 0. The predicted molar refractivity (Wildman–Crippen MR) is 101 cm³/mol. The van der Waals surface area contributed by atoms with E-state index in [1.165, 1.54) is 6.07 Å². The predicted octanol–water partition coefficient (Wildman–Crippen LogP) is 1.65. The van der Waals surface area contributed by atoms with Crippen molar-refractivity contribution in [1.82, 2.24) is 14.8 Å². The van der Waals surface area contributed by atoms with E-state index in [1.807, 2.05) is 42.9 Å². The van der Waals surface area contributed by atoms with Gasteiger partial charge in [0.2, 0.25) is 0 Å². The Morgan fingerprint density at radius 3 is 2.39 bits per heavy atom. The van der Waals surface area contributed by atoms with Crippen molar-refractivity contribution in [1.29, 1.82) is 0 Å². The Balaban J connectivity index is 0.00000264. The molecule has 0 saturated carbocycles. The SMILES string of the molecule is CN(C)C(=NCc1cnc(N2CCOCC2)c(F)c1)N(C)C.I. The molecule has 0 atom stereocenters. The highest BCUT2D eigenvalue weighted by Gasteiger charge is 2.16. The van der Waals surface area contributed by atoms with Gasteiger partial charge in [-0.25, -0.2) is 14.4 Å². The van der Waals surface area contributed by atoms with Crippen molar-refractivity contribution in [3.63, 3.8) is 0 Å². The van der Waals surface area contributed by atoms with Crippen molar-refractivity contribution in [2.45, 2.75) is 6.54 Å². The maximum Gasteiger partial charge on any atom is 0.195 e. The average molecular weight is 437 g/mol. The summed E-state index contributed by atoms with van der Waals surface area (Å²) < 4.78 is 19.5. The minimum Gasteiger partial charge on any atom is -0.378 e. The van der Waals surface area contributed by atoms with E-state index in [0.717, 1.165) is 11.5 Å². The van der Waals surface area contributed by atoms with Gasteiger partial charge in [0.05, 0.1) is 19.8 Å². The van der Waals surface area contributed by atoms with Crippen molar-refractivity contribution in [2.24, 2.45) is 4.99 Å². The van der Waals surface area contributed by atoms with Crippen LogP contribution in [0, 0.1) is 5.82 Å². The molecular formula is C15H25FIN5O. The quantitative estimate of drug-likeness (QED) is 0.409. The first-order chi connectivity index (χ1) is 10.5. The summed E-state index contributed by atoms with van der Waals surface area (Å²) in [6.45, 7) is 2.98. The van der Waals surface area contributed by atoms with Crippen LogP contribution in [-0.2, 0) is 11.3 Å². The van der Waals surface area contributed by atoms with Gasteiger partial charge in [-0.15, -0.1) is 24.0 Å². The Bertz CT molecular complexity index is 523. The molecule has 1 aliphatic heterocycles. The third-order valence-electron chi connectivity index (χ3n) is 3.39. The number of halogens is 2. The number of hydrogen-bond acceptors (Lipinski definition) is 4. The van der Waals surface area contributed by atoms with Crippen LogP contribution in [0.15, 0.2) is 17.3 Å². The number of ether oxygens (including phenoxy) is 1. The molecule has 1 saturated heterocycles. The molecule has 0 N–H and O–H groups in total. The fourth-order valence-corrected chi connectivity index (χ4v) is 2.41. The van der Waals surface area contributed by atoms with E-state index in [2.05, 4.69) is 9.98 Å². The maximum absolute atomic E-state index is 14.3. The number of aliphatic imine (C=N–C) groups is 1. The van der Waals surface area contributed by atoms with Gasteiger partial charge in [0.25, 0.3) is 0 Å². The van der Waals surface area contributed by atoms with Gasteiger partial charge in [0.15, 0.2) is 17.6 Å². The van der Waals surface area contributed by atoms with Crippen LogP contribution < -0.4 is 4.90 Å². The highest BCUT2D eigenvalue weighted by atomic mass is 127. The molecule has 1 aliphatic rings. The summed E-state index contributed by atoms with van der Waals surface area (Å²) in [5.41, 5.74) is 0.760. The van der Waals surface area contributed by atoms with Gasteiger partial charge >= 0.3 is 0 Å². The molecular weight excluding hydrogens is 412 g/mol. The van der Waals surface area contributed by atoms with Crippen LogP contribution in [0.5, 0.6) is 0 Å². The van der Waals surface area contributed by atoms with Gasteiger partial charge in [0, 0.05) is 47.5 Å². The van der Waals surface area contributed by atoms with Crippen molar-refractivity contribution in [2.75, 3.05) is 59.4 Å². The largest absolute Gasteiger partial charge is 0.378 e. The number of anilines is 1. The van der Waals surface area contributed by atoms with E-state index in [1.54, 1.807) is 6.20 Å². The number of rotatable bonds is 3. The Hall–Kier alpha value is -1.16. The molecule has 2 rings (SSSR count). The third kappa shape index (κ3) is 5.45. The van der Waals surface area contributed by atoms with Gasteiger partial charge in [0.1, 0.15) is 0 Å². The number of guanidine groups is 1. The summed E-state index contributed by atoms with van der Waals surface area (Å²) >= 11 is 0. The summed E-state index contributed by atoms with van der Waals surface area (Å²) in [4.78, 5) is 14.5. The molecule has 0 aliphatic carbocycles. The van der Waals surface area contributed by atoms with Gasteiger partial charge in [-0.05, 0) is 11.6 Å². The molecule has 0 bridgehead atoms. The number of morpholine rings is 1. The van der Waals surface area contributed by atoms with Crippen LogP contribution in [0.3, 0.4) is 0 Å². The Morgan fingerprint density at radius 1 is 1.26 bits per heavy atom. The summed E-state index contributed by atoms with van der Waals surface area (Å²) in [7, 11) is 7.72. The number of pyridine rings is 1. The van der Waals surface area contributed by atoms with E-state index in [4.69, 9.17) is 4.74 Å². The molecule has 6 nitrogen and oxygen atoms in total. The molecule has 0 unspecified atom stereocenters. The lowest BCUT2D eigenvalue weighted by atomic mass is 10.2. The monoisotopic (exact) mass is 437 g/mol. The van der Waals surface area contributed by atoms with E-state index in [-0.39, 0.29) is 29.8 Å². The Morgan fingerprint density at radius 2 is 1.87 bits per heavy atom. The first-order valence-electron chi connectivity index (χ1n) is 7.35. The fourth-order valence-electron chi connectivity index (χ4n) is 2.41. The second-order valence-electron chi connectivity index (χ2n) is 5.65. The highest BCUT2D eigenvalue weighted by Crippen LogP contribution is 2.18. The van der Waals surface area contributed by atoms with Crippen molar-refractivity contribution < 1.29 is 9.13 Å². The lowest BCUT2D eigenvalue weighted by Gasteiger charge is -2.28. The summed E-state index contributed by atoms with van der Waals surface area (Å²) in [6.07, 6.45) is 1.69. The Kier molecular flexibility index (Phi) is 7.97. The molecule has 1 aromatic rings. The second kappa shape index (κ2) is 9.21. The van der Waals surface area contributed by atoms with E-state index in [9.17, 15) is 4.39 Å². The van der Waals surface area contributed by atoms with Crippen molar-refractivity contribution >= 4 is 35.8 Å². The van der Waals surface area contributed by atoms with E-state index >= 15 is 0 Å². The smallest absolute Gasteiger partial charge is 0.195 e. The summed E-state index contributed by atoms with van der Waals surface area (Å²) in [6, 6.07) is 1.52. The fraction of sp³-hybridized carbons (Fsp3) is 0.600. The normalized spacial score (nSPS) is 14.0. The molecule has 130 valence electrons. The molecule has 0 radical (unpaired) electrons. The van der Waals surface area contributed by atoms with Crippen LogP contribution in [0.2, 0.25) is 0 Å². The number of aromatic nitrogens is 1. The van der Waals surface area contributed by atoms with Gasteiger partial charge in [-0.3, -0.25) is 0 Å². The molecule has 23 heavy (non-hydrogen) atoms.